The van der Waals surface area contributed by atoms with Crippen LogP contribution in [0.25, 0.3) is 0 Å². The molecule has 1 aliphatic rings. The lowest BCUT2D eigenvalue weighted by Crippen LogP contribution is -2.28. The Balaban J connectivity index is 2.37. The maximum Gasteiger partial charge on any atom is 0.308 e. The van der Waals surface area contributed by atoms with Crippen LogP contribution in [-0.4, -0.2) is 25.8 Å². The van der Waals surface area contributed by atoms with Gasteiger partial charge in [0.05, 0.1) is 19.1 Å². The third kappa shape index (κ3) is 2.99. The van der Waals surface area contributed by atoms with Crippen molar-refractivity contribution < 1.29 is 14.3 Å². The quantitative estimate of drug-likeness (QED) is 0.630. The fourth-order valence-electron chi connectivity index (χ4n) is 1.91. The minimum atomic E-state index is -0.0793. The third-order valence-electron chi connectivity index (χ3n) is 2.56. The van der Waals surface area contributed by atoms with Crippen molar-refractivity contribution in [3.05, 3.63) is 0 Å². The molecule has 0 aromatic heterocycles. The van der Waals surface area contributed by atoms with E-state index in [2.05, 4.69) is 0 Å². The first kappa shape index (κ1) is 10.5. The molecule has 1 fully saturated rings. The minimum absolute atomic E-state index is 0.0651. The van der Waals surface area contributed by atoms with Gasteiger partial charge in [0.15, 0.2) is 0 Å². The highest BCUT2D eigenvalue weighted by molar-refractivity contribution is 5.72. The van der Waals surface area contributed by atoms with Crippen LogP contribution < -0.4 is 0 Å². The van der Waals surface area contributed by atoms with E-state index in [1.807, 2.05) is 6.92 Å². The van der Waals surface area contributed by atoms with Crippen molar-refractivity contribution in [2.24, 2.45) is 5.92 Å². The molecule has 3 nitrogen and oxygen atoms in total. The van der Waals surface area contributed by atoms with Gasteiger partial charge in [-0.05, 0) is 26.2 Å². The molecule has 0 aromatic carbocycles. The van der Waals surface area contributed by atoms with Crippen LogP contribution in [0.2, 0.25) is 0 Å². The number of esters is 1. The Hall–Kier alpha value is -0.570. The van der Waals surface area contributed by atoms with Gasteiger partial charge in [-0.3, -0.25) is 4.79 Å². The molecule has 1 aliphatic carbocycles. The normalized spacial score (nSPS) is 28.5. The number of ether oxygens (including phenoxy) is 2. The zero-order chi connectivity index (χ0) is 9.68. The van der Waals surface area contributed by atoms with Gasteiger partial charge < -0.3 is 9.47 Å². The molecule has 2 atom stereocenters. The lowest BCUT2D eigenvalue weighted by molar-refractivity contribution is -0.148. The van der Waals surface area contributed by atoms with Gasteiger partial charge in [-0.2, -0.15) is 0 Å². The predicted molar refractivity (Wildman–Crippen MR) is 49.4 cm³/mol. The topological polar surface area (TPSA) is 35.5 Å². The Bertz CT molecular complexity index is 166. The highest BCUT2D eigenvalue weighted by Gasteiger charge is 2.27. The Morgan fingerprint density at radius 3 is 2.85 bits per heavy atom. The van der Waals surface area contributed by atoms with E-state index < -0.39 is 0 Å². The fraction of sp³-hybridized carbons (Fsp3) is 0.900. The first-order chi connectivity index (χ1) is 6.27. The zero-order valence-corrected chi connectivity index (χ0v) is 8.41. The van der Waals surface area contributed by atoms with Gasteiger partial charge in [0, 0.05) is 6.61 Å². The fourth-order valence-corrected chi connectivity index (χ4v) is 1.91. The molecule has 0 spiro atoms. The molecular weight excluding hydrogens is 168 g/mol. The molecular formula is C10H18O3. The van der Waals surface area contributed by atoms with Crippen molar-refractivity contribution in [3.63, 3.8) is 0 Å². The van der Waals surface area contributed by atoms with Crippen LogP contribution in [0.4, 0.5) is 0 Å². The summed E-state index contributed by atoms with van der Waals surface area (Å²) >= 11 is 0. The van der Waals surface area contributed by atoms with Crippen molar-refractivity contribution in [1.82, 2.24) is 0 Å². The summed E-state index contributed by atoms with van der Waals surface area (Å²) in [5.41, 5.74) is 0. The number of methoxy groups -OCH3 is 1. The highest BCUT2D eigenvalue weighted by Crippen LogP contribution is 2.26. The zero-order valence-electron chi connectivity index (χ0n) is 8.41. The van der Waals surface area contributed by atoms with Gasteiger partial charge in [-0.25, -0.2) is 0 Å². The van der Waals surface area contributed by atoms with Gasteiger partial charge in [0.2, 0.25) is 0 Å². The van der Waals surface area contributed by atoms with E-state index in [0.717, 1.165) is 32.3 Å². The molecule has 0 amide bonds. The average Bonchev–Trinajstić information content (AvgIpc) is 2.18. The van der Waals surface area contributed by atoms with E-state index in [4.69, 9.17) is 9.47 Å². The molecule has 0 radical (unpaired) electrons. The summed E-state index contributed by atoms with van der Waals surface area (Å²) in [5, 5.41) is 0. The number of carbonyl (C=O) groups is 1. The first-order valence-electron chi connectivity index (χ1n) is 4.97. The van der Waals surface area contributed by atoms with Crippen LogP contribution in [0.3, 0.4) is 0 Å². The molecule has 0 N–H and O–H groups in total. The van der Waals surface area contributed by atoms with Crippen LogP contribution in [0, 0.1) is 5.92 Å². The van der Waals surface area contributed by atoms with Gasteiger partial charge in [-0.15, -0.1) is 0 Å². The van der Waals surface area contributed by atoms with Crippen molar-refractivity contribution >= 4 is 5.97 Å². The highest BCUT2D eigenvalue weighted by atomic mass is 16.5. The largest absolute Gasteiger partial charge is 0.469 e. The second kappa shape index (κ2) is 5.22. The maximum absolute atomic E-state index is 11.2. The maximum atomic E-state index is 11.2. The van der Waals surface area contributed by atoms with Crippen LogP contribution in [0.1, 0.15) is 32.6 Å². The Morgan fingerprint density at radius 1 is 1.46 bits per heavy atom. The van der Waals surface area contributed by atoms with Crippen molar-refractivity contribution in [2.45, 2.75) is 38.7 Å². The molecule has 0 bridgehead atoms. The van der Waals surface area contributed by atoms with Gasteiger partial charge in [0.25, 0.3) is 0 Å². The number of hydrogen-bond donors (Lipinski definition) is 0. The summed E-state index contributed by atoms with van der Waals surface area (Å²) in [6, 6.07) is 0. The molecule has 1 unspecified atom stereocenters. The summed E-state index contributed by atoms with van der Waals surface area (Å²) in [6.07, 6.45) is 4.21. The molecule has 1 rings (SSSR count). The van der Waals surface area contributed by atoms with E-state index in [0.29, 0.717) is 0 Å². The Kier molecular flexibility index (Phi) is 4.22. The minimum Gasteiger partial charge on any atom is -0.469 e. The summed E-state index contributed by atoms with van der Waals surface area (Å²) in [7, 11) is 1.45. The van der Waals surface area contributed by atoms with E-state index in [1.54, 1.807) is 0 Å². The van der Waals surface area contributed by atoms with E-state index in [-0.39, 0.29) is 18.0 Å². The molecule has 1 saturated carbocycles. The smallest absolute Gasteiger partial charge is 0.308 e. The lowest BCUT2D eigenvalue weighted by atomic mass is 9.87. The number of carbonyl (C=O) groups excluding carboxylic acids is 1. The summed E-state index contributed by atoms with van der Waals surface area (Å²) in [4.78, 5) is 11.2. The predicted octanol–water partition coefficient (Wildman–Crippen LogP) is 1.75. The molecule has 3 heteroatoms. The molecule has 13 heavy (non-hydrogen) atoms. The number of rotatable bonds is 3. The number of hydrogen-bond acceptors (Lipinski definition) is 3. The van der Waals surface area contributed by atoms with Crippen molar-refractivity contribution in [3.8, 4) is 0 Å². The first-order valence-corrected chi connectivity index (χ1v) is 4.97. The molecule has 0 saturated heterocycles. The molecule has 0 aromatic rings. The lowest BCUT2D eigenvalue weighted by Gasteiger charge is -2.27. The third-order valence-corrected chi connectivity index (χ3v) is 2.56. The molecule has 0 aliphatic heterocycles. The van der Waals surface area contributed by atoms with Crippen LogP contribution in [0.15, 0.2) is 0 Å². The van der Waals surface area contributed by atoms with E-state index in [1.165, 1.54) is 7.11 Å². The van der Waals surface area contributed by atoms with Crippen LogP contribution in [-0.2, 0) is 14.3 Å². The van der Waals surface area contributed by atoms with Gasteiger partial charge in [-0.1, -0.05) is 6.42 Å². The standard InChI is InChI=1S/C10H18O3/c1-3-13-9-6-4-5-8(7-9)10(11)12-2/h8-9H,3-7H2,1-2H3/t8?,9-/m0/s1. The van der Waals surface area contributed by atoms with Crippen LogP contribution in [0.5, 0.6) is 0 Å². The van der Waals surface area contributed by atoms with Crippen LogP contribution >= 0.6 is 0 Å². The second-order valence-corrected chi connectivity index (χ2v) is 3.46. The summed E-state index contributed by atoms with van der Waals surface area (Å²) in [6.45, 7) is 2.72. The SMILES string of the molecule is CCO[C@H]1CCCC(C(=O)OC)C1. The van der Waals surface area contributed by atoms with E-state index >= 15 is 0 Å². The molecule has 0 heterocycles. The van der Waals surface area contributed by atoms with Crippen molar-refractivity contribution in [2.75, 3.05) is 13.7 Å². The molecule has 76 valence electrons. The van der Waals surface area contributed by atoms with Gasteiger partial charge in [0.1, 0.15) is 0 Å². The monoisotopic (exact) mass is 186 g/mol. The Labute approximate surface area is 79.4 Å². The van der Waals surface area contributed by atoms with Gasteiger partial charge >= 0.3 is 5.97 Å². The Morgan fingerprint density at radius 2 is 2.23 bits per heavy atom. The second-order valence-electron chi connectivity index (χ2n) is 3.46. The summed E-state index contributed by atoms with van der Waals surface area (Å²) in [5.74, 6) is -0.0142. The summed E-state index contributed by atoms with van der Waals surface area (Å²) < 4.78 is 10.2. The van der Waals surface area contributed by atoms with E-state index in [9.17, 15) is 4.79 Å². The average molecular weight is 186 g/mol. The van der Waals surface area contributed by atoms with Crippen molar-refractivity contribution in [1.29, 1.82) is 0 Å².